The monoisotopic (exact) mass is 466 g/mol. The van der Waals surface area contributed by atoms with E-state index in [1.807, 2.05) is 63.2 Å². The molecule has 35 heavy (non-hydrogen) atoms. The molecule has 0 saturated carbocycles. The number of carbonyl (C=O) groups excluding carboxylic acids is 2. The Hall–Kier alpha value is -4.32. The molecule has 1 aliphatic rings. The number of anilines is 1. The summed E-state index contributed by atoms with van der Waals surface area (Å²) in [5, 5.41) is 12.4. The van der Waals surface area contributed by atoms with Crippen molar-refractivity contribution in [2.45, 2.75) is 26.8 Å². The molecular weight excluding hydrogens is 440 g/mol. The molecule has 2 N–H and O–H groups in total. The summed E-state index contributed by atoms with van der Waals surface area (Å²) >= 11 is 0. The minimum atomic E-state index is -0.822. The molecule has 2 heterocycles. The number of carbonyl (C=O) groups is 2. The van der Waals surface area contributed by atoms with Crippen LogP contribution in [0.4, 0.5) is 5.69 Å². The van der Waals surface area contributed by atoms with Crippen LogP contribution in [0.25, 0.3) is 16.7 Å². The maximum Gasteiger partial charge on any atom is 0.300 e. The molecule has 1 saturated heterocycles. The lowest BCUT2D eigenvalue weighted by Crippen LogP contribution is -2.29. The van der Waals surface area contributed by atoms with E-state index in [2.05, 4.69) is 4.98 Å². The number of aliphatic hydroxyl groups is 1. The first kappa shape index (κ1) is 22.5. The van der Waals surface area contributed by atoms with Gasteiger partial charge in [-0.3, -0.25) is 14.5 Å². The van der Waals surface area contributed by atoms with Crippen LogP contribution in [0.1, 0.15) is 34.0 Å². The van der Waals surface area contributed by atoms with Crippen LogP contribution in [0.2, 0.25) is 0 Å². The zero-order valence-corrected chi connectivity index (χ0v) is 20.0. The van der Waals surface area contributed by atoms with Crippen LogP contribution in [0, 0.1) is 20.8 Å². The van der Waals surface area contributed by atoms with Crippen LogP contribution in [-0.4, -0.2) is 28.9 Å². The third-order valence-corrected chi connectivity index (χ3v) is 6.51. The Labute approximate surface area is 203 Å². The number of aromatic nitrogens is 1. The van der Waals surface area contributed by atoms with E-state index in [9.17, 15) is 14.7 Å². The van der Waals surface area contributed by atoms with Gasteiger partial charge in [-0.25, -0.2) is 0 Å². The number of H-pyrrole nitrogens is 1. The van der Waals surface area contributed by atoms with E-state index in [1.165, 1.54) is 12.0 Å². The van der Waals surface area contributed by atoms with E-state index in [-0.39, 0.29) is 11.3 Å². The summed E-state index contributed by atoms with van der Waals surface area (Å²) in [4.78, 5) is 32.0. The molecule has 3 aromatic carbocycles. The highest BCUT2D eigenvalue weighted by molar-refractivity contribution is 6.52. The summed E-state index contributed by atoms with van der Waals surface area (Å²) in [7, 11) is 1.50. The Kier molecular flexibility index (Phi) is 5.44. The number of ketones is 1. The van der Waals surface area contributed by atoms with Crippen molar-refractivity contribution in [2.24, 2.45) is 0 Å². The molecule has 5 rings (SSSR count). The zero-order valence-electron chi connectivity index (χ0n) is 20.0. The number of methoxy groups -OCH3 is 1. The van der Waals surface area contributed by atoms with Gasteiger partial charge in [0.15, 0.2) is 0 Å². The Bertz CT molecular complexity index is 1510. The fourth-order valence-electron chi connectivity index (χ4n) is 5.10. The number of benzene rings is 3. The molecule has 1 atom stereocenters. The Morgan fingerprint density at radius 2 is 1.60 bits per heavy atom. The number of hydrogen-bond acceptors (Lipinski definition) is 4. The van der Waals surface area contributed by atoms with Gasteiger partial charge in [-0.2, -0.15) is 0 Å². The SMILES string of the molecule is COc1ccccc1/C(O)=C1\C(=O)C(=O)N(c2cc(C)cc(C)c2)C1c1c(C)[nH]c2ccccc12. The fraction of sp³-hybridized carbons (Fsp3) is 0.172. The second-order valence-electron chi connectivity index (χ2n) is 8.92. The van der Waals surface area contributed by atoms with E-state index >= 15 is 0 Å². The molecule has 6 heteroatoms. The number of para-hydroxylation sites is 2. The zero-order chi connectivity index (χ0) is 24.9. The summed E-state index contributed by atoms with van der Waals surface area (Å²) in [6, 6.07) is 19.6. The van der Waals surface area contributed by atoms with Crippen molar-refractivity contribution in [3.05, 3.63) is 100 Å². The van der Waals surface area contributed by atoms with Crippen LogP contribution in [0.5, 0.6) is 5.75 Å². The number of hydrogen-bond donors (Lipinski definition) is 2. The number of Topliss-reactive ketones (excluding diaryl/α,β-unsaturated/α-hetero) is 1. The third kappa shape index (κ3) is 3.58. The first-order valence-electron chi connectivity index (χ1n) is 11.4. The smallest absolute Gasteiger partial charge is 0.300 e. The normalized spacial score (nSPS) is 17.4. The number of aryl methyl sites for hydroxylation is 3. The molecule has 176 valence electrons. The lowest BCUT2D eigenvalue weighted by Gasteiger charge is -2.26. The number of aliphatic hydroxyl groups excluding tert-OH is 1. The second-order valence-corrected chi connectivity index (χ2v) is 8.92. The highest BCUT2D eigenvalue weighted by atomic mass is 16.5. The van der Waals surface area contributed by atoms with Gasteiger partial charge in [-0.05, 0) is 62.2 Å². The van der Waals surface area contributed by atoms with Gasteiger partial charge in [0.05, 0.1) is 24.3 Å². The molecule has 0 bridgehead atoms. The van der Waals surface area contributed by atoms with Crippen molar-refractivity contribution in [2.75, 3.05) is 12.0 Å². The van der Waals surface area contributed by atoms with Crippen molar-refractivity contribution in [1.82, 2.24) is 4.98 Å². The predicted molar refractivity (Wildman–Crippen MR) is 137 cm³/mol. The van der Waals surface area contributed by atoms with Gasteiger partial charge in [-0.1, -0.05) is 36.4 Å². The van der Waals surface area contributed by atoms with Crippen LogP contribution >= 0.6 is 0 Å². The Morgan fingerprint density at radius 1 is 0.943 bits per heavy atom. The van der Waals surface area contributed by atoms with E-state index in [1.54, 1.807) is 24.3 Å². The molecule has 1 aromatic heterocycles. The van der Waals surface area contributed by atoms with Gasteiger partial charge < -0.3 is 14.8 Å². The minimum Gasteiger partial charge on any atom is -0.507 e. The summed E-state index contributed by atoms with van der Waals surface area (Å²) in [5.41, 5.74) is 5.43. The van der Waals surface area contributed by atoms with Crippen LogP contribution < -0.4 is 9.64 Å². The van der Waals surface area contributed by atoms with Gasteiger partial charge in [0.1, 0.15) is 11.5 Å². The number of ether oxygens (including phenoxy) is 1. The van der Waals surface area contributed by atoms with Gasteiger partial charge >= 0.3 is 0 Å². The van der Waals surface area contributed by atoms with Crippen LogP contribution in [0.3, 0.4) is 0 Å². The molecule has 4 aromatic rings. The molecule has 0 aliphatic carbocycles. The number of nitrogens with one attached hydrogen (secondary N) is 1. The Balaban J connectivity index is 1.85. The quantitative estimate of drug-likeness (QED) is 0.229. The molecule has 1 fully saturated rings. The van der Waals surface area contributed by atoms with Crippen molar-refractivity contribution in [1.29, 1.82) is 0 Å². The molecule has 1 unspecified atom stereocenters. The average molecular weight is 467 g/mol. The fourth-order valence-corrected chi connectivity index (χ4v) is 5.10. The summed E-state index contributed by atoms with van der Waals surface area (Å²) in [6.45, 7) is 5.82. The summed E-state index contributed by atoms with van der Waals surface area (Å²) < 4.78 is 5.44. The summed E-state index contributed by atoms with van der Waals surface area (Å²) in [5.74, 6) is -1.26. The van der Waals surface area contributed by atoms with Gasteiger partial charge in [-0.15, -0.1) is 0 Å². The first-order valence-corrected chi connectivity index (χ1v) is 11.4. The van der Waals surface area contributed by atoms with Gasteiger partial charge in [0, 0.05) is 27.8 Å². The van der Waals surface area contributed by atoms with Gasteiger partial charge in [0.25, 0.3) is 11.7 Å². The lowest BCUT2D eigenvalue weighted by atomic mass is 9.92. The summed E-state index contributed by atoms with van der Waals surface area (Å²) in [6.07, 6.45) is 0. The average Bonchev–Trinajstić information content (AvgIpc) is 3.30. The first-order chi connectivity index (χ1) is 16.8. The Morgan fingerprint density at radius 3 is 2.31 bits per heavy atom. The second kappa shape index (κ2) is 8.47. The topological polar surface area (TPSA) is 82.6 Å². The maximum absolute atomic E-state index is 13.6. The predicted octanol–water partition coefficient (Wildman–Crippen LogP) is 5.73. The van der Waals surface area contributed by atoms with Crippen LogP contribution in [-0.2, 0) is 9.59 Å². The van der Waals surface area contributed by atoms with E-state index in [0.29, 0.717) is 17.0 Å². The standard InChI is InChI=1S/C29H26N2O4/c1-16-13-17(2)15-19(14-16)31-26(24-18(3)30-22-11-7-5-9-20(22)24)25(28(33)29(31)34)27(32)21-10-6-8-12-23(21)35-4/h5-15,26,30,32H,1-4H3/b27-25+. The maximum atomic E-state index is 13.6. The van der Waals surface area contributed by atoms with E-state index < -0.39 is 17.7 Å². The number of aromatic amines is 1. The van der Waals surface area contributed by atoms with E-state index in [0.717, 1.165) is 33.3 Å². The number of nitrogens with zero attached hydrogens (tertiary/aromatic N) is 1. The highest BCUT2D eigenvalue weighted by Gasteiger charge is 2.48. The van der Waals surface area contributed by atoms with Crippen molar-refractivity contribution in [3.8, 4) is 5.75 Å². The molecule has 6 nitrogen and oxygen atoms in total. The molecule has 1 amide bonds. The molecule has 0 spiro atoms. The van der Waals surface area contributed by atoms with Crippen LogP contribution in [0.15, 0.2) is 72.3 Å². The number of rotatable bonds is 4. The van der Waals surface area contributed by atoms with Crippen molar-refractivity contribution >= 4 is 34.0 Å². The molecule has 0 radical (unpaired) electrons. The number of amides is 1. The minimum absolute atomic E-state index is 0.0338. The number of fused-ring (bicyclic) bond motifs is 1. The van der Waals surface area contributed by atoms with E-state index in [4.69, 9.17) is 4.74 Å². The third-order valence-electron chi connectivity index (χ3n) is 6.51. The van der Waals surface area contributed by atoms with Crippen molar-refractivity contribution < 1.29 is 19.4 Å². The van der Waals surface area contributed by atoms with Gasteiger partial charge in [0.2, 0.25) is 0 Å². The highest BCUT2D eigenvalue weighted by Crippen LogP contribution is 2.46. The molecule has 1 aliphatic heterocycles. The lowest BCUT2D eigenvalue weighted by molar-refractivity contribution is -0.132. The molecular formula is C29H26N2O4. The van der Waals surface area contributed by atoms with Crippen molar-refractivity contribution in [3.63, 3.8) is 0 Å². The largest absolute Gasteiger partial charge is 0.507 e.